The van der Waals surface area contributed by atoms with E-state index in [4.69, 9.17) is 5.73 Å². The van der Waals surface area contributed by atoms with E-state index >= 15 is 0 Å². The summed E-state index contributed by atoms with van der Waals surface area (Å²) in [6.45, 7) is 2.19. The molecule has 0 bridgehead atoms. The summed E-state index contributed by atoms with van der Waals surface area (Å²) in [7, 11) is 0. The number of amides is 1. The van der Waals surface area contributed by atoms with Gasteiger partial charge in [-0.2, -0.15) is 13.2 Å². The van der Waals surface area contributed by atoms with E-state index in [0.29, 0.717) is 22.7 Å². The van der Waals surface area contributed by atoms with Gasteiger partial charge in [0.05, 0.1) is 23.8 Å². The van der Waals surface area contributed by atoms with Gasteiger partial charge in [0, 0.05) is 10.9 Å². The van der Waals surface area contributed by atoms with E-state index in [1.807, 2.05) is 6.92 Å². The van der Waals surface area contributed by atoms with E-state index in [2.05, 4.69) is 10.3 Å². The summed E-state index contributed by atoms with van der Waals surface area (Å²) in [5, 5.41) is 5.07. The molecule has 0 aliphatic heterocycles. The number of halogens is 3. The van der Waals surface area contributed by atoms with Crippen LogP contribution >= 0.6 is 11.3 Å². The lowest BCUT2D eigenvalue weighted by Crippen LogP contribution is -2.40. The molecule has 0 aliphatic carbocycles. The number of aromatic nitrogens is 1. The third kappa shape index (κ3) is 4.78. The number of nitrogens with one attached hydrogen (secondary N) is 1. The van der Waals surface area contributed by atoms with Crippen LogP contribution in [0.2, 0.25) is 0 Å². The number of hydrogen-bond acceptors (Lipinski definition) is 4. The average molecular weight is 357 g/mol. The number of carbonyl (C=O) groups is 1. The highest BCUT2D eigenvalue weighted by Gasteiger charge is 2.30. The second-order valence-corrected chi connectivity index (χ2v) is 6.19. The Kier molecular flexibility index (Phi) is 5.95. The Morgan fingerprint density at radius 2 is 2.00 bits per heavy atom. The first-order chi connectivity index (χ1) is 11.3. The van der Waals surface area contributed by atoms with Gasteiger partial charge in [0.2, 0.25) is 5.91 Å². The minimum Gasteiger partial charge on any atom is -0.349 e. The third-order valence-corrected chi connectivity index (χ3v) is 4.33. The molecule has 0 aliphatic rings. The van der Waals surface area contributed by atoms with Crippen LogP contribution in [0, 0.1) is 0 Å². The van der Waals surface area contributed by atoms with Gasteiger partial charge in [-0.25, -0.2) is 4.98 Å². The van der Waals surface area contributed by atoms with Crippen molar-refractivity contribution in [1.29, 1.82) is 0 Å². The Balaban J connectivity index is 1.99. The molecule has 3 N–H and O–H groups in total. The Morgan fingerprint density at radius 3 is 2.58 bits per heavy atom. The maximum absolute atomic E-state index is 12.6. The van der Waals surface area contributed by atoms with Gasteiger partial charge in [-0.1, -0.05) is 25.5 Å². The van der Waals surface area contributed by atoms with E-state index in [1.165, 1.54) is 23.5 Å². The molecule has 0 radical (unpaired) electrons. The van der Waals surface area contributed by atoms with E-state index in [0.717, 1.165) is 18.6 Å². The van der Waals surface area contributed by atoms with Gasteiger partial charge in [-0.05, 0) is 18.6 Å². The van der Waals surface area contributed by atoms with Crippen molar-refractivity contribution in [1.82, 2.24) is 10.3 Å². The van der Waals surface area contributed by atoms with Gasteiger partial charge >= 0.3 is 6.18 Å². The van der Waals surface area contributed by atoms with E-state index < -0.39 is 17.8 Å². The molecule has 0 spiro atoms. The number of rotatable bonds is 6. The highest BCUT2D eigenvalue weighted by molar-refractivity contribution is 7.13. The second kappa shape index (κ2) is 7.76. The molecular formula is C16H18F3N3OS. The van der Waals surface area contributed by atoms with Crippen molar-refractivity contribution in [2.45, 2.75) is 38.5 Å². The molecule has 1 unspecified atom stereocenters. The van der Waals surface area contributed by atoms with Crippen LogP contribution in [0.25, 0.3) is 10.6 Å². The average Bonchev–Trinajstić information content (AvgIpc) is 3.01. The summed E-state index contributed by atoms with van der Waals surface area (Å²) >= 11 is 1.31. The quantitative estimate of drug-likeness (QED) is 0.830. The molecule has 0 fully saturated rings. The minimum absolute atomic E-state index is 0.235. The molecule has 8 heteroatoms. The van der Waals surface area contributed by atoms with Crippen LogP contribution in [0.4, 0.5) is 13.2 Å². The molecule has 1 aromatic heterocycles. The molecule has 2 aromatic rings. The summed E-state index contributed by atoms with van der Waals surface area (Å²) < 4.78 is 37.7. The fourth-order valence-corrected chi connectivity index (χ4v) is 2.90. The van der Waals surface area contributed by atoms with Crippen molar-refractivity contribution in [2.24, 2.45) is 5.73 Å². The summed E-state index contributed by atoms with van der Waals surface area (Å²) in [6, 6.07) is 4.30. The zero-order valence-electron chi connectivity index (χ0n) is 13.1. The van der Waals surface area contributed by atoms with Crippen LogP contribution in [0.5, 0.6) is 0 Å². The van der Waals surface area contributed by atoms with Crippen molar-refractivity contribution in [3.8, 4) is 10.6 Å². The van der Waals surface area contributed by atoms with Crippen LogP contribution in [0.3, 0.4) is 0 Å². The van der Waals surface area contributed by atoms with Crippen molar-refractivity contribution in [3.05, 3.63) is 40.9 Å². The Bertz CT molecular complexity index is 683. The molecule has 0 saturated heterocycles. The first kappa shape index (κ1) is 18.4. The molecule has 24 heavy (non-hydrogen) atoms. The molecule has 1 amide bonds. The number of nitrogens with zero attached hydrogens (tertiary/aromatic N) is 1. The number of carbonyl (C=O) groups excluding carboxylic acids is 1. The fraction of sp³-hybridized carbons (Fsp3) is 0.375. The first-order valence-electron chi connectivity index (χ1n) is 7.46. The van der Waals surface area contributed by atoms with Crippen molar-refractivity contribution in [2.75, 3.05) is 0 Å². The van der Waals surface area contributed by atoms with Crippen LogP contribution in [-0.4, -0.2) is 16.9 Å². The van der Waals surface area contributed by atoms with Crippen molar-refractivity contribution in [3.63, 3.8) is 0 Å². The van der Waals surface area contributed by atoms with Crippen LogP contribution < -0.4 is 11.1 Å². The monoisotopic (exact) mass is 357 g/mol. The van der Waals surface area contributed by atoms with E-state index in [9.17, 15) is 18.0 Å². The molecule has 1 heterocycles. The molecule has 1 atom stereocenters. The third-order valence-electron chi connectivity index (χ3n) is 3.39. The lowest BCUT2D eigenvalue weighted by molar-refractivity contribution is -0.137. The molecule has 2 rings (SSSR count). The molecule has 4 nitrogen and oxygen atoms in total. The normalized spacial score (nSPS) is 12.9. The topological polar surface area (TPSA) is 68.0 Å². The van der Waals surface area contributed by atoms with Crippen molar-refractivity contribution < 1.29 is 18.0 Å². The van der Waals surface area contributed by atoms with Gasteiger partial charge in [0.1, 0.15) is 5.01 Å². The van der Waals surface area contributed by atoms with Gasteiger partial charge in [-0.15, -0.1) is 11.3 Å². The number of alkyl halides is 3. The Labute approximate surface area is 141 Å². The molecule has 1 aromatic carbocycles. The standard InChI is InChI=1S/C16H18F3N3OS/c1-2-3-13(20)14(23)21-8-12-9-24-15(22-12)10-4-6-11(7-5-10)16(17,18)19/h4-7,9,13H,2-3,8,20H2,1H3,(H,21,23). The Morgan fingerprint density at radius 1 is 1.33 bits per heavy atom. The summed E-state index contributed by atoms with van der Waals surface area (Å²) in [5.74, 6) is -0.235. The largest absolute Gasteiger partial charge is 0.416 e. The van der Waals surface area contributed by atoms with E-state index in [1.54, 1.807) is 5.38 Å². The van der Waals surface area contributed by atoms with Crippen molar-refractivity contribution >= 4 is 17.2 Å². The lowest BCUT2D eigenvalue weighted by atomic mass is 10.1. The smallest absolute Gasteiger partial charge is 0.349 e. The number of thiazole rings is 1. The van der Waals surface area contributed by atoms with E-state index in [-0.39, 0.29) is 12.5 Å². The van der Waals surface area contributed by atoms with Gasteiger partial charge in [-0.3, -0.25) is 4.79 Å². The molecule has 0 saturated carbocycles. The van der Waals surface area contributed by atoms with Crippen LogP contribution in [-0.2, 0) is 17.5 Å². The molecular weight excluding hydrogens is 339 g/mol. The maximum Gasteiger partial charge on any atom is 0.416 e. The summed E-state index contributed by atoms with van der Waals surface area (Å²) in [5.41, 5.74) is 6.27. The van der Waals surface area contributed by atoms with Gasteiger partial charge in [0.25, 0.3) is 0 Å². The number of nitrogens with two attached hydrogens (primary N) is 1. The summed E-state index contributed by atoms with van der Waals surface area (Å²) in [4.78, 5) is 16.1. The van der Waals surface area contributed by atoms with Crippen LogP contribution in [0.15, 0.2) is 29.6 Å². The highest BCUT2D eigenvalue weighted by Crippen LogP contribution is 2.31. The lowest BCUT2D eigenvalue weighted by Gasteiger charge is -2.09. The van der Waals surface area contributed by atoms with Crippen LogP contribution in [0.1, 0.15) is 31.0 Å². The first-order valence-corrected chi connectivity index (χ1v) is 8.34. The number of benzene rings is 1. The second-order valence-electron chi connectivity index (χ2n) is 5.33. The predicted molar refractivity (Wildman–Crippen MR) is 87.3 cm³/mol. The highest BCUT2D eigenvalue weighted by atomic mass is 32.1. The SMILES string of the molecule is CCCC(N)C(=O)NCc1csc(-c2ccc(C(F)(F)F)cc2)n1. The Hall–Kier alpha value is -1.93. The summed E-state index contributed by atoms with van der Waals surface area (Å²) in [6.07, 6.45) is -2.92. The molecule has 130 valence electrons. The van der Waals surface area contributed by atoms with Gasteiger partial charge in [0.15, 0.2) is 0 Å². The maximum atomic E-state index is 12.6. The predicted octanol–water partition coefficient (Wildman–Crippen LogP) is 3.57. The number of hydrogen-bond donors (Lipinski definition) is 2. The minimum atomic E-state index is -4.35. The zero-order valence-corrected chi connectivity index (χ0v) is 13.9. The van der Waals surface area contributed by atoms with Gasteiger partial charge < -0.3 is 11.1 Å². The zero-order chi connectivity index (χ0) is 17.7. The fourth-order valence-electron chi connectivity index (χ4n) is 2.07.